The van der Waals surface area contributed by atoms with Crippen LogP contribution in [0.3, 0.4) is 0 Å². The van der Waals surface area contributed by atoms with Crippen LogP contribution in [-0.4, -0.2) is 59.2 Å². The van der Waals surface area contributed by atoms with Crippen molar-refractivity contribution in [2.24, 2.45) is 0 Å². The van der Waals surface area contributed by atoms with E-state index < -0.39 is 16.5 Å². The fourth-order valence-electron chi connectivity index (χ4n) is 2.97. The molecular weight excluding hydrogens is 426 g/mol. The number of nitro groups is 1. The Balaban J connectivity index is 2.00. The van der Waals surface area contributed by atoms with E-state index in [1.165, 1.54) is 34.9 Å². The lowest BCUT2D eigenvalue weighted by molar-refractivity contribution is -0.384. The van der Waals surface area contributed by atoms with E-state index in [1.54, 1.807) is 17.9 Å². The molecule has 1 amide bonds. The third-order valence-corrected chi connectivity index (χ3v) is 5.58. The Hall–Kier alpha value is -3.31. The van der Waals surface area contributed by atoms with Gasteiger partial charge in [0.1, 0.15) is 11.2 Å². The first-order valence-corrected chi connectivity index (χ1v) is 10.4. The minimum atomic E-state index is -0.613. The van der Waals surface area contributed by atoms with Gasteiger partial charge in [-0.25, -0.2) is 4.79 Å². The van der Waals surface area contributed by atoms with E-state index in [1.807, 2.05) is 0 Å². The largest absolute Gasteiger partial charge is 0.463 e. The van der Waals surface area contributed by atoms with Crippen molar-refractivity contribution in [3.05, 3.63) is 59.5 Å². The van der Waals surface area contributed by atoms with Gasteiger partial charge in [-0.15, -0.1) is 11.3 Å². The highest BCUT2D eigenvalue weighted by Crippen LogP contribution is 2.12. The maximum absolute atomic E-state index is 13.0. The van der Waals surface area contributed by atoms with Gasteiger partial charge < -0.3 is 14.4 Å². The molecule has 1 saturated heterocycles. The first-order valence-electron chi connectivity index (χ1n) is 9.59. The van der Waals surface area contributed by atoms with Crippen molar-refractivity contribution in [1.82, 2.24) is 9.47 Å². The van der Waals surface area contributed by atoms with Crippen molar-refractivity contribution in [2.45, 2.75) is 13.5 Å². The first-order chi connectivity index (χ1) is 14.9. The summed E-state index contributed by atoms with van der Waals surface area (Å²) in [5, 5.41) is 10.8. The van der Waals surface area contributed by atoms with E-state index >= 15 is 0 Å². The number of esters is 1. The summed E-state index contributed by atoms with van der Waals surface area (Å²) in [5.74, 6) is -0.859. The molecule has 0 saturated carbocycles. The molecule has 1 fully saturated rings. The van der Waals surface area contributed by atoms with Gasteiger partial charge in [0.25, 0.3) is 11.2 Å². The second-order valence-corrected chi connectivity index (χ2v) is 7.64. The molecule has 0 bridgehead atoms. The van der Waals surface area contributed by atoms with Gasteiger partial charge in [0.2, 0.25) is 5.91 Å². The monoisotopic (exact) mass is 447 g/mol. The summed E-state index contributed by atoms with van der Waals surface area (Å²) in [7, 11) is 0. The van der Waals surface area contributed by atoms with Gasteiger partial charge >= 0.3 is 5.97 Å². The topological polar surface area (TPSA) is 121 Å². The summed E-state index contributed by atoms with van der Waals surface area (Å²) in [6, 6.07) is 5.72. The van der Waals surface area contributed by atoms with Gasteiger partial charge in [-0.05, 0) is 30.7 Å². The summed E-state index contributed by atoms with van der Waals surface area (Å²) >= 11 is 1.04. The second kappa shape index (κ2) is 10.1. The molecule has 1 aliphatic rings. The van der Waals surface area contributed by atoms with Crippen molar-refractivity contribution in [2.75, 3.05) is 32.9 Å². The Morgan fingerprint density at radius 2 is 1.94 bits per heavy atom. The Bertz CT molecular complexity index is 1140. The van der Waals surface area contributed by atoms with Crippen molar-refractivity contribution < 1.29 is 24.0 Å². The summed E-state index contributed by atoms with van der Waals surface area (Å²) in [6.45, 7) is 3.39. The number of hydrogen-bond donors (Lipinski definition) is 0. The highest BCUT2D eigenvalue weighted by molar-refractivity contribution is 7.07. The molecule has 1 aromatic carbocycles. The normalized spacial score (nSPS) is 15.2. The number of aromatic nitrogens is 1. The van der Waals surface area contributed by atoms with E-state index in [4.69, 9.17) is 9.47 Å². The molecule has 0 radical (unpaired) electrons. The van der Waals surface area contributed by atoms with Crippen LogP contribution >= 0.6 is 11.3 Å². The van der Waals surface area contributed by atoms with Crippen LogP contribution in [0.4, 0.5) is 5.69 Å². The fourth-order valence-corrected chi connectivity index (χ4v) is 4.00. The minimum Gasteiger partial charge on any atom is -0.463 e. The summed E-state index contributed by atoms with van der Waals surface area (Å²) in [6.07, 6.45) is 2.75. The molecule has 0 atom stereocenters. The lowest BCUT2D eigenvalue weighted by atomic mass is 10.2. The zero-order chi connectivity index (χ0) is 22.4. The molecule has 10 nitrogen and oxygen atoms in total. The van der Waals surface area contributed by atoms with Crippen LogP contribution in [0.5, 0.6) is 0 Å². The van der Waals surface area contributed by atoms with Crippen LogP contribution in [0.1, 0.15) is 12.5 Å². The van der Waals surface area contributed by atoms with Crippen molar-refractivity contribution in [3.8, 4) is 0 Å². The maximum atomic E-state index is 13.0. The Morgan fingerprint density at radius 3 is 2.55 bits per heavy atom. The molecule has 164 valence electrons. The third-order valence-electron chi connectivity index (χ3n) is 4.52. The van der Waals surface area contributed by atoms with Crippen molar-refractivity contribution >= 4 is 41.1 Å². The van der Waals surface area contributed by atoms with Crippen molar-refractivity contribution in [1.29, 1.82) is 0 Å². The molecule has 11 heteroatoms. The number of hydrogen-bond acceptors (Lipinski definition) is 8. The molecule has 0 aliphatic carbocycles. The molecule has 2 heterocycles. The predicted molar refractivity (Wildman–Crippen MR) is 113 cm³/mol. The average Bonchev–Trinajstić information content (AvgIpc) is 3.03. The smallest absolute Gasteiger partial charge is 0.333 e. The van der Waals surface area contributed by atoms with Crippen LogP contribution in [0.2, 0.25) is 0 Å². The van der Waals surface area contributed by atoms with Crippen LogP contribution in [0.15, 0.2) is 29.1 Å². The van der Waals surface area contributed by atoms with Gasteiger partial charge in [0.05, 0.1) is 35.4 Å². The van der Waals surface area contributed by atoms with Crippen molar-refractivity contribution in [3.63, 3.8) is 0 Å². The number of amides is 1. The van der Waals surface area contributed by atoms with E-state index in [0.29, 0.717) is 41.1 Å². The van der Waals surface area contributed by atoms with Crippen LogP contribution in [0, 0.1) is 10.1 Å². The van der Waals surface area contributed by atoms with E-state index in [0.717, 1.165) is 11.3 Å². The lowest BCUT2D eigenvalue weighted by Gasteiger charge is -2.26. The number of morpholine rings is 1. The number of carbonyl (C=O) groups is 2. The molecule has 0 N–H and O–H groups in total. The number of benzene rings is 1. The number of thiazole rings is 1. The maximum Gasteiger partial charge on any atom is 0.333 e. The standard InChI is InChI=1S/C20H21N3O7S/c1-2-30-19(25)12-18-22(13-17(24)21-7-9-29-10-8-21)20(26)16(31-18)11-14-3-5-15(6-4-14)23(27)28/h3-6,11-12H,2,7-10,13H2,1H3/b16-11+,18-12-. The van der Waals surface area contributed by atoms with Crippen LogP contribution < -0.4 is 14.8 Å². The zero-order valence-corrected chi connectivity index (χ0v) is 17.6. The molecule has 31 heavy (non-hydrogen) atoms. The van der Waals surface area contributed by atoms with Gasteiger partial charge in [-0.1, -0.05) is 0 Å². The number of ether oxygens (including phenoxy) is 2. The van der Waals surface area contributed by atoms with E-state index in [9.17, 15) is 24.5 Å². The molecule has 2 aromatic rings. The molecule has 0 unspecified atom stereocenters. The average molecular weight is 447 g/mol. The Labute approximate surface area is 180 Å². The quantitative estimate of drug-likeness (QED) is 0.343. The Kier molecular flexibility index (Phi) is 7.32. The lowest BCUT2D eigenvalue weighted by Crippen LogP contribution is -2.45. The zero-order valence-electron chi connectivity index (χ0n) is 16.8. The SMILES string of the molecule is CCOC(=O)/C=c1\s/c(=C/c2ccc([N+](=O)[O-])cc2)c(=O)n1CC(=O)N1CCOCC1. The molecule has 1 aromatic heterocycles. The van der Waals surface area contributed by atoms with Crippen LogP contribution in [0.25, 0.3) is 12.2 Å². The first kappa shape index (κ1) is 22.4. The Morgan fingerprint density at radius 1 is 1.26 bits per heavy atom. The van der Waals surface area contributed by atoms with Gasteiger partial charge in [0, 0.05) is 25.2 Å². The number of carbonyl (C=O) groups excluding carboxylic acids is 2. The minimum absolute atomic E-state index is 0.0619. The number of non-ortho nitro benzene ring substituents is 1. The number of nitrogens with zero attached hydrogens (tertiary/aromatic N) is 3. The highest BCUT2D eigenvalue weighted by atomic mass is 32.1. The molecular formula is C20H21N3O7S. The number of nitro benzene ring substituents is 1. The summed E-state index contributed by atoms with van der Waals surface area (Å²) < 4.78 is 12.0. The third kappa shape index (κ3) is 5.64. The summed E-state index contributed by atoms with van der Waals surface area (Å²) in [4.78, 5) is 49.5. The fraction of sp³-hybridized carbons (Fsp3) is 0.350. The molecule has 3 rings (SSSR count). The van der Waals surface area contributed by atoms with E-state index in [2.05, 4.69) is 0 Å². The van der Waals surface area contributed by atoms with Crippen LogP contribution in [-0.2, 0) is 25.6 Å². The van der Waals surface area contributed by atoms with Gasteiger partial charge in [0.15, 0.2) is 0 Å². The van der Waals surface area contributed by atoms with E-state index in [-0.39, 0.29) is 24.7 Å². The molecule has 1 aliphatic heterocycles. The molecule has 0 spiro atoms. The summed E-state index contributed by atoms with van der Waals surface area (Å²) in [5.41, 5.74) is 0.0898. The van der Waals surface area contributed by atoms with Gasteiger partial charge in [-0.2, -0.15) is 0 Å². The highest BCUT2D eigenvalue weighted by Gasteiger charge is 2.19. The predicted octanol–water partition coefficient (Wildman–Crippen LogP) is -0.151. The van der Waals surface area contributed by atoms with Gasteiger partial charge in [-0.3, -0.25) is 24.3 Å². The number of rotatable bonds is 6. The second-order valence-electron chi connectivity index (χ2n) is 6.58.